The van der Waals surface area contributed by atoms with Crippen molar-refractivity contribution in [2.24, 2.45) is 5.92 Å². The number of benzene rings is 2. The van der Waals surface area contributed by atoms with Crippen molar-refractivity contribution in [3.05, 3.63) is 109 Å². The Morgan fingerprint density at radius 1 is 1.04 bits per heavy atom. The van der Waals surface area contributed by atoms with Crippen molar-refractivity contribution in [1.29, 1.82) is 0 Å². The minimum Gasteiger partial charge on any atom is -0.381 e. The van der Waals surface area contributed by atoms with Crippen LogP contribution in [-0.4, -0.2) is 21.2 Å². The van der Waals surface area contributed by atoms with Gasteiger partial charge in [0.15, 0.2) is 12.2 Å². The van der Waals surface area contributed by atoms with Gasteiger partial charge in [0.25, 0.3) is 0 Å². The quantitative estimate of drug-likeness (QED) is 0.115. The molecule has 1 aromatic heterocycles. The maximum Gasteiger partial charge on any atom is 0.213 e. The van der Waals surface area contributed by atoms with Crippen molar-refractivity contribution < 1.29 is 4.57 Å². The Labute approximate surface area is 281 Å². The molecule has 4 heteroatoms. The van der Waals surface area contributed by atoms with Gasteiger partial charge in [-0.05, 0) is 75.3 Å². The number of hydrogen-bond acceptors (Lipinski definition) is 2. The molecule has 46 heavy (non-hydrogen) atoms. The van der Waals surface area contributed by atoms with Crippen LogP contribution in [0.15, 0.2) is 97.4 Å². The summed E-state index contributed by atoms with van der Waals surface area (Å²) < 4.78 is 2.69. The first-order valence-corrected chi connectivity index (χ1v) is 21.2. The van der Waals surface area contributed by atoms with Gasteiger partial charge in [0.1, 0.15) is 0 Å². The Kier molecular flexibility index (Phi) is 10.8. The van der Waals surface area contributed by atoms with Crippen LogP contribution in [0.5, 0.6) is 0 Å². The van der Waals surface area contributed by atoms with Crippen LogP contribution in [0.1, 0.15) is 88.8 Å². The van der Waals surface area contributed by atoms with Crippen LogP contribution in [-0.2, 0) is 6.42 Å². The number of rotatable bonds is 13. The molecule has 2 aromatic carbocycles. The molecule has 244 valence electrons. The van der Waals surface area contributed by atoms with Crippen LogP contribution in [0.2, 0.25) is 19.6 Å². The van der Waals surface area contributed by atoms with E-state index in [9.17, 15) is 0 Å². The van der Waals surface area contributed by atoms with Gasteiger partial charge in [-0.1, -0.05) is 107 Å². The van der Waals surface area contributed by atoms with Crippen LogP contribution in [0.3, 0.4) is 0 Å². The Balaban J connectivity index is 1.61. The first-order valence-electron chi connectivity index (χ1n) is 17.7. The predicted molar refractivity (Wildman–Crippen MR) is 203 cm³/mol. The number of nitrogens with one attached hydrogen (secondary N) is 1. The lowest BCUT2D eigenvalue weighted by atomic mass is 9.78. The van der Waals surface area contributed by atoms with E-state index in [1.165, 1.54) is 60.2 Å². The number of anilines is 2. The van der Waals surface area contributed by atoms with Crippen LogP contribution in [0.25, 0.3) is 11.3 Å². The monoisotopic (exact) mass is 632 g/mol. The van der Waals surface area contributed by atoms with Gasteiger partial charge in [0, 0.05) is 41.5 Å². The summed E-state index contributed by atoms with van der Waals surface area (Å²) in [7, 11) is 0.565. The highest BCUT2D eigenvalue weighted by atomic mass is 28.3. The summed E-state index contributed by atoms with van der Waals surface area (Å²) in [6, 6.07) is 21.1. The zero-order valence-corrected chi connectivity index (χ0v) is 30.7. The molecule has 0 spiro atoms. The van der Waals surface area contributed by atoms with Gasteiger partial charge < -0.3 is 10.2 Å². The summed E-state index contributed by atoms with van der Waals surface area (Å²) >= 11 is 0. The van der Waals surface area contributed by atoms with E-state index in [1.807, 2.05) is 0 Å². The van der Waals surface area contributed by atoms with E-state index in [1.54, 1.807) is 10.8 Å². The molecule has 0 saturated heterocycles. The second kappa shape index (κ2) is 14.6. The second-order valence-electron chi connectivity index (χ2n) is 15.2. The Morgan fingerprint density at radius 2 is 1.74 bits per heavy atom. The third kappa shape index (κ3) is 7.60. The lowest BCUT2D eigenvalue weighted by molar-refractivity contribution is -0.717. The SMILES string of the molecule is C=C(/C=C\C)CCC1c2ccccc2-c2cc(CC3CCCC3)c([Si](C)(C)C)c[n+]2C1CC(=C)N(C)c1ccccc1NC(C)C. The molecule has 1 aliphatic carbocycles. The number of hydrogen-bond donors (Lipinski definition) is 1. The minimum absolute atomic E-state index is 0.263. The molecule has 1 saturated carbocycles. The van der Waals surface area contributed by atoms with Gasteiger partial charge in [0.05, 0.1) is 25.9 Å². The molecule has 2 heterocycles. The van der Waals surface area contributed by atoms with E-state index in [0.29, 0.717) is 12.0 Å². The van der Waals surface area contributed by atoms with Crippen molar-refractivity contribution >= 4 is 24.6 Å². The fourth-order valence-electron chi connectivity index (χ4n) is 7.92. The highest BCUT2D eigenvalue weighted by Crippen LogP contribution is 2.44. The highest BCUT2D eigenvalue weighted by Gasteiger charge is 2.42. The molecular formula is C42H58N3Si+. The minimum atomic E-state index is -1.62. The van der Waals surface area contributed by atoms with Crippen LogP contribution in [0.4, 0.5) is 11.4 Å². The van der Waals surface area contributed by atoms with Gasteiger partial charge in [0.2, 0.25) is 5.69 Å². The van der Waals surface area contributed by atoms with Gasteiger partial charge in [-0.25, -0.2) is 0 Å². The first kappa shape index (κ1) is 34.0. The maximum absolute atomic E-state index is 4.76. The lowest BCUT2D eigenvalue weighted by Gasteiger charge is -2.35. The molecule has 2 aliphatic rings. The Morgan fingerprint density at radius 3 is 2.43 bits per heavy atom. The van der Waals surface area contributed by atoms with Gasteiger partial charge >= 0.3 is 0 Å². The summed E-state index contributed by atoms with van der Waals surface area (Å²) in [5, 5.41) is 5.29. The van der Waals surface area contributed by atoms with Crippen molar-refractivity contribution in [3.8, 4) is 11.3 Å². The fraction of sp³-hybridized carbons (Fsp3) is 0.452. The molecule has 0 radical (unpaired) electrons. The van der Waals surface area contributed by atoms with Crippen LogP contribution < -0.4 is 20.0 Å². The van der Waals surface area contributed by atoms with Crippen LogP contribution in [0, 0.1) is 5.92 Å². The first-order chi connectivity index (χ1) is 22.0. The summed E-state index contributed by atoms with van der Waals surface area (Å²) in [6.07, 6.45) is 16.6. The molecule has 1 aliphatic heterocycles. The predicted octanol–water partition coefficient (Wildman–Crippen LogP) is 10.3. The third-order valence-electron chi connectivity index (χ3n) is 10.3. The topological polar surface area (TPSA) is 19.1 Å². The fourth-order valence-corrected chi connectivity index (χ4v) is 9.58. The van der Waals surface area contributed by atoms with E-state index < -0.39 is 8.07 Å². The summed E-state index contributed by atoms with van der Waals surface area (Å²) in [4.78, 5) is 2.31. The molecule has 2 atom stereocenters. The number of para-hydroxylation sites is 2. The van der Waals surface area contributed by atoms with E-state index in [2.05, 4.69) is 142 Å². The summed E-state index contributed by atoms with van der Waals surface area (Å²) in [5.74, 6) is 1.19. The molecule has 0 amide bonds. The van der Waals surface area contributed by atoms with E-state index in [4.69, 9.17) is 6.58 Å². The van der Waals surface area contributed by atoms with E-state index >= 15 is 0 Å². The Hall–Kier alpha value is -3.37. The number of pyridine rings is 1. The molecule has 1 fully saturated rings. The summed E-state index contributed by atoms with van der Waals surface area (Å²) in [6.45, 7) is 23.2. The van der Waals surface area contributed by atoms with Gasteiger partial charge in [-0.15, -0.1) is 0 Å². The zero-order chi connectivity index (χ0) is 33.0. The average Bonchev–Trinajstić information content (AvgIpc) is 3.53. The van der Waals surface area contributed by atoms with E-state index in [-0.39, 0.29) is 6.04 Å². The largest absolute Gasteiger partial charge is 0.381 e. The van der Waals surface area contributed by atoms with E-state index in [0.717, 1.165) is 36.6 Å². The van der Waals surface area contributed by atoms with Crippen molar-refractivity contribution in [2.45, 2.75) is 110 Å². The van der Waals surface area contributed by atoms with Crippen LogP contribution >= 0.6 is 0 Å². The standard InChI is InChI=1S/C42H58N3Si/c1-10-17-31(4)24-25-37-35-20-13-14-21-36(35)41-28-34(27-33-18-11-12-19-33)42(46(7,8)9)29-45(41)40(37)26-32(5)44(6)39-23-16-15-22-38(39)43-30(2)3/h10,13-17,20-23,28-30,33,37,40,43H,4-5,11-12,18-19,24-27H2,1-3,6-9H3/q+1/b17-10-. The average molecular weight is 633 g/mol. The van der Waals surface area contributed by atoms with Crippen molar-refractivity contribution in [1.82, 2.24) is 0 Å². The number of fused-ring (bicyclic) bond motifs is 3. The molecule has 5 rings (SSSR count). The molecule has 0 bridgehead atoms. The smallest absolute Gasteiger partial charge is 0.213 e. The molecular weight excluding hydrogens is 575 g/mol. The van der Waals surface area contributed by atoms with Crippen molar-refractivity contribution in [3.63, 3.8) is 0 Å². The summed E-state index contributed by atoms with van der Waals surface area (Å²) in [5.41, 5.74) is 10.5. The maximum atomic E-state index is 4.76. The molecule has 1 N–H and O–H groups in total. The molecule has 2 unspecified atom stereocenters. The normalized spacial score (nSPS) is 18.1. The van der Waals surface area contributed by atoms with Gasteiger partial charge in [-0.3, -0.25) is 0 Å². The molecule has 3 nitrogen and oxygen atoms in total. The van der Waals surface area contributed by atoms with Crippen molar-refractivity contribution in [2.75, 3.05) is 17.3 Å². The van der Waals surface area contributed by atoms with Gasteiger partial charge in [-0.2, -0.15) is 4.57 Å². The molecule has 3 aromatic rings. The third-order valence-corrected chi connectivity index (χ3v) is 12.3. The number of aromatic nitrogens is 1. The highest BCUT2D eigenvalue weighted by molar-refractivity contribution is 6.89. The second-order valence-corrected chi connectivity index (χ2v) is 20.3. The number of nitrogens with zero attached hydrogens (tertiary/aromatic N) is 2. The Bertz CT molecular complexity index is 1570. The lowest BCUT2D eigenvalue weighted by Crippen LogP contribution is -2.54. The zero-order valence-electron chi connectivity index (χ0n) is 29.7. The number of allylic oxidation sites excluding steroid dienone is 4.